The fourth-order valence-electron chi connectivity index (χ4n) is 2.38. The van der Waals surface area contributed by atoms with Gasteiger partial charge >= 0.3 is 0 Å². The largest absolute Gasteiger partial charge is 0.340 e. The Morgan fingerprint density at radius 2 is 2.42 bits per heavy atom. The second-order valence-corrected chi connectivity index (χ2v) is 5.04. The highest BCUT2D eigenvalue weighted by atomic mass is 16.2. The molecule has 0 saturated carbocycles. The summed E-state index contributed by atoms with van der Waals surface area (Å²) in [5.74, 6) is 6.05. The van der Waals surface area contributed by atoms with E-state index in [2.05, 4.69) is 27.3 Å². The summed E-state index contributed by atoms with van der Waals surface area (Å²) in [5.41, 5.74) is 2.70. The van der Waals surface area contributed by atoms with Gasteiger partial charge in [0.1, 0.15) is 5.69 Å². The van der Waals surface area contributed by atoms with Gasteiger partial charge in [0.15, 0.2) is 5.82 Å². The van der Waals surface area contributed by atoms with Crippen LogP contribution in [-0.4, -0.2) is 59.4 Å². The summed E-state index contributed by atoms with van der Waals surface area (Å²) in [5, 5.41) is 0. The first-order valence-corrected chi connectivity index (χ1v) is 6.33. The number of nitrogen functional groups attached to an aromatic ring is 1. The summed E-state index contributed by atoms with van der Waals surface area (Å²) in [6.07, 6.45) is 4.06. The van der Waals surface area contributed by atoms with Crippen molar-refractivity contribution in [1.82, 2.24) is 19.8 Å². The van der Waals surface area contributed by atoms with E-state index in [1.807, 2.05) is 0 Å². The van der Waals surface area contributed by atoms with Gasteiger partial charge in [0.25, 0.3) is 5.91 Å². The number of aromatic nitrogens is 2. The second kappa shape index (κ2) is 5.94. The Hall–Kier alpha value is -1.73. The molecule has 0 bridgehead atoms. The van der Waals surface area contributed by atoms with E-state index in [-0.39, 0.29) is 5.91 Å². The van der Waals surface area contributed by atoms with Gasteiger partial charge in [-0.3, -0.25) is 9.78 Å². The number of carbonyl (C=O) groups is 1. The number of hydrogen-bond acceptors (Lipinski definition) is 6. The lowest BCUT2D eigenvalue weighted by Crippen LogP contribution is -2.33. The molecular weight excluding hydrogens is 244 g/mol. The highest BCUT2D eigenvalue weighted by Gasteiger charge is 2.23. The first kappa shape index (κ1) is 13.7. The first-order valence-electron chi connectivity index (χ1n) is 6.33. The zero-order valence-electron chi connectivity index (χ0n) is 11.3. The van der Waals surface area contributed by atoms with Gasteiger partial charge in [-0.05, 0) is 25.9 Å². The zero-order valence-corrected chi connectivity index (χ0v) is 11.3. The minimum absolute atomic E-state index is 0.126. The van der Waals surface area contributed by atoms with Gasteiger partial charge < -0.3 is 15.2 Å². The number of anilines is 1. The molecular formula is C12H20N6O. The molecule has 2 rings (SSSR count). The predicted octanol–water partition coefficient (Wildman–Crippen LogP) is -0.214. The summed E-state index contributed by atoms with van der Waals surface area (Å²) < 4.78 is 0. The van der Waals surface area contributed by atoms with Gasteiger partial charge in [-0.2, -0.15) is 0 Å². The average molecular weight is 264 g/mol. The van der Waals surface area contributed by atoms with Crippen molar-refractivity contribution in [1.29, 1.82) is 0 Å². The van der Waals surface area contributed by atoms with Gasteiger partial charge in [-0.1, -0.05) is 0 Å². The summed E-state index contributed by atoms with van der Waals surface area (Å²) >= 11 is 0. The molecule has 1 amide bonds. The van der Waals surface area contributed by atoms with Crippen molar-refractivity contribution >= 4 is 11.7 Å². The number of carbonyl (C=O) groups excluding carboxylic acids is 1. The van der Waals surface area contributed by atoms with E-state index in [4.69, 9.17) is 5.84 Å². The minimum atomic E-state index is -0.126. The van der Waals surface area contributed by atoms with E-state index in [0.717, 1.165) is 26.1 Å². The number of amides is 1. The molecule has 0 spiro atoms. The zero-order chi connectivity index (χ0) is 13.8. The number of likely N-dealkylation sites (tertiary alicyclic amines) is 1. The Kier molecular flexibility index (Phi) is 4.28. The van der Waals surface area contributed by atoms with Crippen LogP contribution in [0.1, 0.15) is 16.9 Å². The van der Waals surface area contributed by atoms with Crippen LogP contribution in [0.4, 0.5) is 5.82 Å². The van der Waals surface area contributed by atoms with Crippen molar-refractivity contribution in [3.8, 4) is 0 Å². The standard InChI is InChI=1S/C12H20N6O/c1-17-4-3-9(7-17)8-18(2)12(19)10-5-14-6-11(15-10)16-13/h5-6,9H,3-4,7-8,13H2,1-2H3,(H,15,16). The lowest BCUT2D eigenvalue weighted by atomic mass is 10.1. The molecule has 0 aromatic carbocycles. The SMILES string of the molecule is CN1CCC(CN(C)C(=O)c2cncc(NN)n2)C1. The Balaban J connectivity index is 1.98. The molecule has 1 atom stereocenters. The third kappa shape index (κ3) is 3.39. The van der Waals surface area contributed by atoms with Crippen LogP contribution < -0.4 is 11.3 Å². The van der Waals surface area contributed by atoms with Crippen molar-refractivity contribution in [2.45, 2.75) is 6.42 Å². The molecule has 2 heterocycles. The summed E-state index contributed by atoms with van der Waals surface area (Å²) in [4.78, 5) is 24.2. The first-order chi connectivity index (χ1) is 9.10. The fraction of sp³-hybridized carbons (Fsp3) is 0.583. The number of nitrogens with zero attached hydrogens (tertiary/aromatic N) is 4. The molecule has 1 unspecified atom stereocenters. The molecule has 19 heavy (non-hydrogen) atoms. The number of nitrogens with two attached hydrogens (primary N) is 1. The van der Waals surface area contributed by atoms with Gasteiger partial charge in [-0.15, -0.1) is 0 Å². The Bertz CT molecular complexity index is 452. The van der Waals surface area contributed by atoms with Crippen molar-refractivity contribution in [3.63, 3.8) is 0 Å². The normalized spacial score (nSPS) is 19.4. The maximum atomic E-state index is 12.2. The molecule has 1 aliphatic heterocycles. The van der Waals surface area contributed by atoms with E-state index in [1.54, 1.807) is 11.9 Å². The van der Waals surface area contributed by atoms with Crippen LogP contribution in [0, 0.1) is 5.92 Å². The Labute approximate surface area is 112 Å². The molecule has 1 aromatic rings. The quantitative estimate of drug-likeness (QED) is 0.578. The van der Waals surface area contributed by atoms with E-state index in [1.165, 1.54) is 12.4 Å². The number of nitrogens with one attached hydrogen (secondary N) is 1. The fourth-order valence-corrected chi connectivity index (χ4v) is 2.38. The molecule has 0 aliphatic carbocycles. The second-order valence-electron chi connectivity index (χ2n) is 5.04. The smallest absolute Gasteiger partial charge is 0.273 e. The lowest BCUT2D eigenvalue weighted by Gasteiger charge is -2.20. The predicted molar refractivity (Wildman–Crippen MR) is 72.4 cm³/mol. The van der Waals surface area contributed by atoms with Gasteiger partial charge in [0, 0.05) is 20.1 Å². The number of hydrogen-bond donors (Lipinski definition) is 2. The van der Waals surface area contributed by atoms with E-state index >= 15 is 0 Å². The maximum absolute atomic E-state index is 12.2. The van der Waals surface area contributed by atoms with Crippen LogP contribution in [0.2, 0.25) is 0 Å². The molecule has 1 aliphatic rings. The Morgan fingerprint density at radius 3 is 3.05 bits per heavy atom. The molecule has 1 aromatic heterocycles. The molecule has 1 saturated heterocycles. The van der Waals surface area contributed by atoms with E-state index in [9.17, 15) is 4.79 Å². The van der Waals surface area contributed by atoms with Gasteiger partial charge in [-0.25, -0.2) is 10.8 Å². The van der Waals surface area contributed by atoms with Crippen LogP contribution in [0.15, 0.2) is 12.4 Å². The molecule has 7 heteroatoms. The highest BCUT2D eigenvalue weighted by molar-refractivity contribution is 5.92. The monoisotopic (exact) mass is 264 g/mol. The molecule has 1 fully saturated rings. The minimum Gasteiger partial charge on any atom is -0.340 e. The van der Waals surface area contributed by atoms with Crippen molar-refractivity contribution in [2.24, 2.45) is 11.8 Å². The molecule has 7 nitrogen and oxygen atoms in total. The highest BCUT2D eigenvalue weighted by Crippen LogP contribution is 2.16. The molecule has 3 N–H and O–H groups in total. The van der Waals surface area contributed by atoms with Crippen LogP contribution in [0.5, 0.6) is 0 Å². The summed E-state index contributed by atoms with van der Waals surface area (Å²) in [6, 6.07) is 0. The van der Waals surface area contributed by atoms with Crippen molar-refractivity contribution in [2.75, 3.05) is 39.2 Å². The van der Waals surface area contributed by atoms with Crippen molar-refractivity contribution < 1.29 is 4.79 Å². The van der Waals surface area contributed by atoms with Gasteiger partial charge in [0.05, 0.1) is 12.4 Å². The average Bonchev–Trinajstić information content (AvgIpc) is 2.83. The van der Waals surface area contributed by atoms with Crippen LogP contribution in [0.25, 0.3) is 0 Å². The van der Waals surface area contributed by atoms with E-state index < -0.39 is 0 Å². The number of hydrazine groups is 1. The molecule has 104 valence electrons. The molecule has 0 radical (unpaired) electrons. The Morgan fingerprint density at radius 1 is 1.63 bits per heavy atom. The third-order valence-corrected chi connectivity index (χ3v) is 3.37. The summed E-state index contributed by atoms with van der Waals surface area (Å²) in [6.45, 7) is 2.87. The topological polar surface area (TPSA) is 87.4 Å². The maximum Gasteiger partial charge on any atom is 0.273 e. The van der Waals surface area contributed by atoms with Crippen LogP contribution >= 0.6 is 0 Å². The van der Waals surface area contributed by atoms with Crippen LogP contribution in [-0.2, 0) is 0 Å². The van der Waals surface area contributed by atoms with Crippen LogP contribution in [0.3, 0.4) is 0 Å². The van der Waals surface area contributed by atoms with Gasteiger partial charge in [0.2, 0.25) is 0 Å². The lowest BCUT2D eigenvalue weighted by molar-refractivity contribution is 0.0768. The van der Waals surface area contributed by atoms with Crippen molar-refractivity contribution in [3.05, 3.63) is 18.1 Å². The summed E-state index contributed by atoms with van der Waals surface area (Å²) in [7, 11) is 3.90. The third-order valence-electron chi connectivity index (χ3n) is 3.37. The number of rotatable bonds is 4. The van der Waals surface area contributed by atoms with E-state index in [0.29, 0.717) is 17.4 Å².